The van der Waals surface area contributed by atoms with Crippen LogP contribution in [0.5, 0.6) is 0 Å². The van der Waals surface area contributed by atoms with E-state index in [0.717, 1.165) is 4.47 Å². The SMILES string of the molecule is Cc1c(F)cccc1NC(=O)c1cc(Br)cn1C(C)C. The highest BCUT2D eigenvalue weighted by Crippen LogP contribution is 2.22. The number of aromatic nitrogens is 1. The highest BCUT2D eigenvalue weighted by atomic mass is 79.9. The van der Waals surface area contributed by atoms with Gasteiger partial charge in [-0.25, -0.2) is 4.39 Å². The summed E-state index contributed by atoms with van der Waals surface area (Å²) in [7, 11) is 0. The van der Waals surface area contributed by atoms with E-state index in [4.69, 9.17) is 0 Å². The molecule has 0 aliphatic carbocycles. The first kappa shape index (κ1) is 14.8. The quantitative estimate of drug-likeness (QED) is 0.876. The van der Waals surface area contributed by atoms with E-state index in [9.17, 15) is 9.18 Å². The van der Waals surface area contributed by atoms with Crippen molar-refractivity contribution < 1.29 is 9.18 Å². The molecule has 2 rings (SSSR count). The topological polar surface area (TPSA) is 34.0 Å². The van der Waals surface area contributed by atoms with Crippen molar-refractivity contribution in [3.8, 4) is 0 Å². The molecule has 3 nitrogen and oxygen atoms in total. The van der Waals surface area contributed by atoms with Crippen LogP contribution in [0.25, 0.3) is 0 Å². The van der Waals surface area contributed by atoms with Crippen molar-refractivity contribution >= 4 is 27.5 Å². The summed E-state index contributed by atoms with van der Waals surface area (Å²) in [6, 6.07) is 6.56. The second-order valence-electron chi connectivity index (χ2n) is 4.91. The Morgan fingerprint density at radius 3 is 2.75 bits per heavy atom. The lowest BCUT2D eigenvalue weighted by Gasteiger charge is -2.13. The molecule has 1 aromatic carbocycles. The maximum Gasteiger partial charge on any atom is 0.272 e. The summed E-state index contributed by atoms with van der Waals surface area (Å²) in [5.74, 6) is -0.582. The highest BCUT2D eigenvalue weighted by Gasteiger charge is 2.16. The van der Waals surface area contributed by atoms with Gasteiger partial charge in [0.25, 0.3) is 5.91 Å². The first-order chi connectivity index (χ1) is 9.40. The normalized spacial score (nSPS) is 10.9. The molecule has 0 aliphatic heterocycles. The van der Waals surface area contributed by atoms with Gasteiger partial charge in [-0.05, 0) is 54.9 Å². The summed E-state index contributed by atoms with van der Waals surface area (Å²) in [4.78, 5) is 12.3. The minimum absolute atomic E-state index is 0.163. The Labute approximate surface area is 125 Å². The lowest BCUT2D eigenvalue weighted by molar-refractivity contribution is 0.101. The molecule has 1 N–H and O–H groups in total. The minimum Gasteiger partial charge on any atom is -0.340 e. The van der Waals surface area contributed by atoms with E-state index < -0.39 is 0 Å². The van der Waals surface area contributed by atoms with Gasteiger partial charge in [0.15, 0.2) is 0 Å². The molecule has 1 heterocycles. The maximum atomic E-state index is 13.5. The van der Waals surface area contributed by atoms with Gasteiger partial charge in [-0.15, -0.1) is 0 Å². The fourth-order valence-corrected chi connectivity index (χ4v) is 2.42. The van der Waals surface area contributed by atoms with E-state index in [0.29, 0.717) is 16.9 Å². The van der Waals surface area contributed by atoms with Gasteiger partial charge >= 0.3 is 0 Å². The van der Waals surface area contributed by atoms with E-state index in [1.54, 1.807) is 25.1 Å². The van der Waals surface area contributed by atoms with Crippen molar-refractivity contribution in [2.45, 2.75) is 26.8 Å². The average molecular weight is 339 g/mol. The van der Waals surface area contributed by atoms with Crippen LogP contribution in [0.4, 0.5) is 10.1 Å². The predicted molar refractivity (Wildman–Crippen MR) is 81.6 cm³/mol. The lowest BCUT2D eigenvalue weighted by atomic mass is 10.2. The Balaban J connectivity index is 2.31. The zero-order chi connectivity index (χ0) is 14.9. The van der Waals surface area contributed by atoms with E-state index in [2.05, 4.69) is 21.2 Å². The second kappa shape index (κ2) is 5.79. The van der Waals surface area contributed by atoms with Crippen LogP contribution in [0.15, 0.2) is 34.9 Å². The number of hydrogen-bond donors (Lipinski definition) is 1. The van der Waals surface area contributed by atoms with Crippen molar-refractivity contribution in [1.29, 1.82) is 0 Å². The molecule has 1 aromatic heterocycles. The summed E-state index contributed by atoms with van der Waals surface area (Å²) in [5.41, 5.74) is 1.46. The lowest BCUT2D eigenvalue weighted by Crippen LogP contribution is -2.18. The molecule has 0 saturated carbocycles. The van der Waals surface area contributed by atoms with Crippen molar-refractivity contribution in [3.63, 3.8) is 0 Å². The monoisotopic (exact) mass is 338 g/mol. The first-order valence-electron chi connectivity index (χ1n) is 6.34. The molecule has 106 valence electrons. The molecule has 0 saturated heterocycles. The number of amides is 1. The third-order valence-electron chi connectivity index (χ3n) is 3.12. The van der Waals surface area contributed by atoms with Gasteiger partial charge < -0.3 is 9.88 Å². The van der Waals surface area contributed by atoms with Gasteiger partial charge in [0.1, 0.15) is 11.5 Å². The van der Waals surface area contributed by atoms with Crippen LogP contribution in [-0.2, 0) is 0 Å². The number of carbonyl (C=O) groups excluding carboxylic acids is 1. The number of rotatable bonds is 3. The summed E-state index contributed by atoms with van der Waals surface area (Å²) in [5, 5.41) is 2.76. The van der Waals surface area contributed by atoms with Gasteiger partial charge in [0.2, 0.25) is 0 Å². The molecule has 0 bridgehead atoms. The molecule has 0 fully saturated rings. The third-order valence-corrected chi connectivity index (χ3v) is 3.55. The number of benzene rings is 1. The number of nitrogens with one attached hydrogen (secondary N) is 1. The molecular weight excluding hydrogens is 323 g/mol. The number of hydrogen-bond acceptors (Lipinski definition) is 1. The van der Waals surface area contributed by atoms with Crippen LogP contribution in [0.3, 0.4) is 0 Å². The summed E-state index contributed by atoms with van der Waals surface area (Å²) in [6.07, 6.45) is 1.86. The van der Waals surface area contributed by atoms with Crippen LogP contribution in [-0.4, -0.2) is 10.5 Å². The standard InChI is InChI=1S/C15H16BrFN2O/c1-9(2)19-8-11(16)7-14(19)15(20)18-13-6-4-5-12(17)10(13)3/h4-9H,1-3H3,(H,18,20). The molecule has 1 amide bonds. The first-order valence-corrected chi connectivity index (χ1v) is 7.13. The molecule has 5 heteroatoms. The molecular formula is C15H16BrFN2O. The van der Waals surface area contributed by atoms with Crippen LogP contribution in [0.1, 0.15) is 35.9 Å². The van der Waals surface area contributed by atoms with Gasteiger partial charge in [-0.3, -0.25) is 4.79 Å². The van der Waals surface area contributed by atoms with Gasteiger partial charge in [0.05, 0.1) is 0 Å². The fraction of sp³-hybridized carbons (Fsp3) is 0.267. The maximum absolute atomic E-state index is 13.5. The molecule has 20 heavy (non-hydrogen) atoms. The molecule has 0 unspecified atom stereocenters. The van der Waals surface area contributed by atoms with E-state index >= 15 is 0 Å². The number of nitrogens with zero attached hydrogens (tertiary/aromatic N) is 1. The number of carbonyl (C=O) groups is 1. The van der Waals surface area contributed by atoms with Crippen molar-refractivity contribution in [2.24, 2.45) is 0 Å². The summed E-state index contributed by atoms with van der Waals surface area (Å²) >= 11 is 3.37. The Morgan fingerprint density at radius 2 is 2.10 bits per heavy atom. The van der Waals surface area contributed by atoms with Crippen molar-refractivity contribution in [3.05, 3.63) is 52.0 Å². The van der Waals surface area contributed by atoms with Gasteiger partial charge in [0, 0.05) is 28.0 Å². The van der Waals surface area contributed by atoms with Crippen LogP contribution >= 0.6 is 15.9 Å². The van der Waals surface area contributed by atoms with Crippen molar-refractivity contribution in [2.75, 3.05) is 5.32 Å². The zero-order valence-corrected chi connectivity index (χ0v) is 13.2. The van der Waals surface area contributed by atoms with Crippen LogP contribution in [0.2, 0.25) is 0 Å². The minimum atomic E-state index is -0.330. The Kier molecular flexibility index (Phi) is 4.28. The van der Waals surface area contributed by atoms with Crippen LogP contribution < -0.4 is 5.32 Å². The molecule has 2 aromatic rings. The third kappa shape index (κ3) is 2.93. The van der Waals surface area contributed by atoms with E-state index in [-0.39, 0.29) is 17.8 Å². The van der Waals surface area contributed by atoms with Crippen molar-refractivity contribution in [1.82, 2.24) is 4.57 Å². The molecule has 0 atom stereocenters. The summed E-state index contributed by atoms with van der Waals surface area (Å²) in [6.45, 7) is 5.63. The molecule has 0 aliphatic rings. The Hall–Kier alpha value is -1.62. The zero-order valence-electron chi connectivity index (χ0n) is 11.6. The Bertz CT molecular complexity index is 649. The summed E-state index contributed by atoms with van der Waals surface area (Å²) < 4.78 is 16.2. The van der Waals surface area contributed by atoms with E-state index in [1.165, 1.54) is 6.07 Å². The van der Waals surface area contributed by atoms with Gasteiger partial charge in [-0.1, -0.05) is 6.07 Å². The van der Waals surface area contributed by atoms with E-state index in [1.807, 2.05) is 24.6 Å². The fourth-order valence-electron chi connectivity index (χ4n) is 1.98. The van der Waals surface area contributed by atoms with Crippen LogP contribution in [0, 0.1) is 12.7 Å². The molecule has 0 spiro atoms. The smallest absolute Gasteiger partial charge is 0.272 e. The Morgan fingerprint density at radius 1 is 1.40 bits per heavy atom. The predicted octanol–water partition coefficient (Wildman–Crippen LogP) is 4.53. The largest absolute Gasteiger partial charge is 0.340 e. The second-order valence-corrected chi connectivity index (χ2v) is 5.83. The highest BCUT2D eigenvalue weighted by molar-refractivity contribution is 9.10. The molecule has 0 radical (unpaired) electrons. The number of halogens is 2. The van der Waals surface area contributed by atoms with Gasteiger partial charge in [-0.2, -0.15) is 0 Å². The average Bonchev–Trinajstić information content (AvgIpc) is 2.77. The number of anilines is 1.